The summed E-state index contributed by atoms with van der Waals surface area (Å²) in [5.74, 6) is -3.56. The molecule has 6 amide bonds. The number of carbonyl (C=O) groups is 9. The summed E-state index contributed by atoms with van der Waals surface area (Å²) in [6.45, 7) is 9.86. The molecule has 1 aromatic rings. The van der Waals surface area contributed by atoms with Crippen LogP contribution < -0.4 is 32.3 Å². The van der Waals surface area contributed by atoms with Crippen molar-refractivity contribution in [2.45, 2.75) is 101 Å². The molecule has 1 aromatic carbocycles. The van der Waals surface area contributed by atoms with Gasteiger partial charge in [0.05, 0.1) is 26.2 Å². The minimum Gasteiger partial charge on any atom is -0.480 e. The summed E-state index contributed by atoms with van der Waals surface area (Å²) in [5.41, 5.74) is 7.53. The van der Waals surface area contributed by atoms with Crippen LogP contribution in [0.2, 0.25) is 0 Å². The SMILES string of the molecule is CC[C@H](C)[C@@H]1NC(=O)[C@H](CC(C)C)NC(=O)C2(CCOCC2)NC(=O)CCSCc2cc(CSCCNC(=O)CN3CCN(CC(=O)O)CCN(CC(=O)O)CCN(CC(=O)O)CC3)cc(c2)CSC[C@@H](C(N)=O)NC1=O. The molecule has 432 valence electrons. The Hall–Kier alpha value is -4.70. The molecule has 0 radical (unpaired) electrons. The van der Waals surface area contributed by atoms with E-state index in [0.29, 0.717) is 67.9 Å². The van der Waals surface area contributed by atoms with E-state index in [-0.39, 0.29) is 121 Å². The number of nitrogens with zero attached hydrogens (tertiary/aromatic N) is 4. The van der Waals surface area contributed by atoms with Crippen LogP contribution in [0.25, 0.3) is 0 Å². The van der Waals surface area contributed by atoms with E-state index in [1.165, 1.54) is 11.8 Å². The van der Waals surface area contributed by atoms with Gasteiger partial charge < -0.3 is 52.4 Å². The molecule has 1 spiro atoms. The second-order valence-corrected chi connectivity index (χ2v) is 23.6. The first-order valence-corrected chi connectivity index (χ1v) is 29.9. The lowest BCUT2D eigenvalue weighted by Gasteiger charge is -2.38. The molecule has 0 saturated carbocycles. The number of aliphatic carboxylic acids is 3. The third kappa shape index (κ3) is 24.1. The molecule has 2 saturated heterocycles. The normalized spacial score (nSPS) is 22.6. The quantitative estimate of drug-likeness (QED) is 0.0879. The first kappa shape index (κ1) is 64.8. The number of nitrogens with two attached hydrogens (primary N) is 1. The van der Waals surface area contributed by atoms with Gasteiger partial charge in [-0.2, -0.15) is 35.3 Å². The van der Waals surface area contributed by atoms with Crippen LogP contribution in [0.15, 0.2) is 18.2 Å². The van der Waals surface area contributed by atoms with Crippen LogP contribution >= 0.6 is 35.3 Å². The van der Waals surface area contributed by atoms with Crippen LogP contribution in [0.1, 0.15) is 76.5 Å². The smallest absolute Gasteiger partial charge is 0.317 e. The fourth-order valence-electron chi connectivity index (χ4n) is 9.11. The van der Waals surface area contributed by atoms with Gasteiger partial charge in [0.2, 0.25) is 35.4 Å². The molecule has 4 atom stereocenters. The molecule has 3 heterocycles. The number of nitrogens with one attached hydrogen (secondary N) is 5. The standard InChI is InChI=1S/C51H82N10O13S3/c1-5-35(4)46-49(72)54-40(47(52)70)33-77-32-38-24-36(30-75-20-6-41(62)57-51(7-18-74-19-8-51)50(73)55-39(22-34(2)3)48(71)56-46)23-37(25-38)31-76-21-9-53-42(63)26-58-10-12-59(27-43(64)65)14-16-61(29-45(68)69)17-15-60(13-11-58)28-44(66)67/h23-25,34-35,39-40,46H,5-22,26-33H2,1-4H3,(H2,52,70)(H,53,63)(H,54,72)(H,55,73)(H,56,71)(H,57,62)(H,64,65)(H,66,67)(H,68,69)/t35-,39-,40-,46-/m0/s1. The van der Waals surface area contributed by atoms with Crippen molar-refractivity contribution in [2.24, 2.45) is 17.6 Å². The first-order valence-electron chi connectivity index (χ1n) is 26.4. The molecule has 2 bridgehead atoms. The highest BCUT2D eigenvalue weighted by atomic mass is 32.2. The summed E-state index contributed by atoms with van der Waals surface area (Å²) in [4.78, 5) is 124. The lowest BCUT2D eigenvalue weighted by Crippen LogP contribution is -2.65. The molecule has 2 fully saturated rings. The van der Waals surface area contributed by atoms with Crippen molar-refractivity contribution < 1.29 is 63.2 Å². The third-order valence-electron chi connectivity index (χ3n) is 13.6. The molecule has 0 aliphatic carbocycles. The van der Waals surface area contributed by atoms with Gasteiger partial charge >= 0.3 is 17.9 Å². The maximum absolute atomic E-state index is 14.2. The van der Waals surface area contributed by atoms with Crippen molar-refractivity contribution in [3.63, 3.8) is 0 Å². The van der Waals surface area contributed by atoms with Crippen molar-refractivity contribution in [1.29, 1.82) is 0 Å². The Balaban J connectivity index is 1.45. The zero-order chi connectivity index (χ0) is 56.5. The number of primary amides is 1. The van der Waals surface area contributed by atoms with Crippen molar-refractivity contribution in [1.82, 2.24) is 46.2 Å². The Bertz CT molecular complexity index is 2120. The molecule has 0 aromatic heterocycles. The number of hydrogen-bond acceptors (Lipinski definition) is 17. The summed E-state index contributed by atoms with van der Waals surface area (Å²) in [6, 6.07) is 3.11. The number of ether oxygens (including phenoxy) is 1. The van der Waals surface area contributed by atoms with Gasteiger partial charge in [-0.25, -0.2) is 0 Å². The molecule has 77 heavy (non-hydrogen) atoms. The number of thioether (sulfide) groups is 3. The highest BCUT2D eigenvalue weighted by molar-refractivity contribution is 7.99. The van der Waals surface area contributed by atoms with Crippen molar-refractivity contribution >= 4 is 88.6 Å². The summed E-state index contributed by atoms with van der Waals surface area (Å²) < 4.78 is 5.59. The highest BCUT2D eigenvalue weighted by Crippen LogP contribution is 2.26. The molecule has 3 aliphatic rings. The number of rotatable bonds is 18. The number of benzene rings is 1. The lowest BCUT2D eigenvalue weighted by atomic mass is 9.87. The Morgan fingerprint density at radius 2 is 1.30 bits per heavy atom. The van der Waals surface area contributed by atoms with Gasteiger partial charge in [-0.3, -0.25) is 62.8 Å². The van der Waals surface area contributed by atoms with E-state index >= 15 is 0 Å². The largest absolute Gasteiger partial charge is 0.480 e. The minimum absolute atomic E-state index is 0.000644. The van der Waals surface area contributed by atoms with Gasteiger partial charge in [0, 0.05) is 126 Å². The van der Waals surface area contributed by atoms with Crippen molar-refractivity contribution in [3.05, 3.63) is 34.9 Å². The van der Waals surface area contributed by atoms with E-state index in [2.05, 4.69) is 44.8 Å². The molecule has 0 unspecified atom stereocenters. The van der Waals surface area contributed by atoms with Crippen LogP contribution in [0.5, 0.6) is 0 Å². The number of hydrogen-bond donors (Lipinski definition) is 9. The zero-order valence-corrected chi connectivity index (χ0v) is 47.5. The fraction of sp³-hybridized carbons (Fsp3) is 0.706. The minimum atomic E-state index is -1.31. The van der Waals surface area contributed by atoms with E-state index < -0.39 is 65.2 Å². The van der Waals surface area contributed by atoms with Gasteiger partial charge in [0.25, 0.3) is 0 Å². The van der Waals surface area contributed by atoms with Crippen molar-refractivity contribution in [2.75, 3.05) is 116 Å². The maximum Gasteiger partial charge on any atom is 0.317 e. The predicted octanol–water partition coefficient (Wildman–Crippen LogP) is 0.0788. The summed E-state index contributed by atoms with van der Waals surface area (Å²) in [5, 5.41) is 43.1. The molecule has 23 nitrogen and oxygen atoms in total. The number of carboxylic acid groups (broad SMARTS) is 3. The molecule has 4 rings (SSSR count). The average Bonchev–Trinajstić information content (AvgIpc) is 3.36. The van der Waals surface area contributed by atoms with E-state index in [1.54, 1.807) is 38.2 Å². The van der Waals surface area contributed by atoms with Crippen molar-refractivity contribution in [3.8, 4) is 0 Å². The van der Waals surface area contributed by atoms with Crippen LogP contribution in [0, 0.1) is 11.8 Å². The van der Waals surface area contributed by atoms with Crippen LogP contribution in [0.4, 0.5) is 0 Å². The average molecular weight is 1140 g/mol. The maximum atomic E-state index is 14.2. The van der Waals surface area contributed by atoms with Gasteiger partial charge in [-0.15, -0.1) is 0 Å². The highest BCUT2D eigenvalue weighted by Gasteiger charge is 2.43. The zero-order valence-electron chi connectivity index (χ0n) is 45.0. The van der Waals surface area contributed by atoms with E-state index in [4.69, 9.17) is 10.5 Å². The molecule has 10 N–H and O–H groups in total. The van der Waals surface area contributed by atoms with Crippen LogP contribution in [0.3, 0.4) is 0 Å². The van der Waals surface area contributed by atoms with Crippen LogP contribution in [-0.4, -0.2) is 227 Å². The number of fused-ring (bicyclic) bond motifs is 2. The summed E-state index contributed by atoms with van der Waals surface area (Å²) in [6.07, 6.45) is 1.35. The molecule has 3 aliphatic heterocycles. The van der Waals surface area contributed by atoms with Gasteiger partial charge in [-0.05, 0) is 34.9 Å². The van der Waals surface area contributed by atoms with E-state index in [9.17, 15) is 58.5 Å². The Labute approximate surface area is 464 Å². The van der Waals surface area contributed by atoms with Gasteiger partial charge in [0.15, 0.2) is 0 Å². The summed E-state index contributed by atoms with van der Waals surface area (Å²) in [7, 11) is 0. The molecule has 26 heteroatoms. The van der Waals surface area contributed by atoms with E-state index in [0.717, 1.165) is 16.7 Å². The number of carboxylic acids is 3. The number of carbonyl (C=O) groups excluding carboxylic acids is 6. The number of amides is 6. The molecular weight excluding hydrogens is 1060 g/mol. The Morgan fingerprint density at radius 1 is 0.766 bits per heavy atom. The monoisotopic (exact) mass is 1140 g/mol. The van der Waals surface area contributed by atoms with Gasteiger partial charge in [0.1, 0.15) is 23.7 Å². The van der Waals surface area contributed by atoms with Gasteiger partial charge in [-0.1, -0.05) is 52.3 Å². The third-order valence-corrected chi connectivity index (χ3v) is 16.7. The first-order chi connectivity index (χ1) is 36.6. The summed E-state index contributed by atoms with van der Waals surface area (Å²) >= 11 is 4.59. The van der Waals surface area contributed by atoms with Crippen LogP contribution in [-0.2, 0) is 65.1 Å². The topological polar surface area (TPSA) is 323 Å². The molecular formula is C51H82N10O13S3. The second-order valence-electron chi connectivity index (χ2n) is 20.4. The fourth-order valence-corrected chi connectivity index (χ4v) is 11.8. The van der Waals surface area contributed by atoms with E-state index in [1.807, 2.05) is 32.6 Å². The Morgan fingerprint density at radius 3 is 1.81 bits per heavy atom. The Kier molecular flexibility index (Phi) is 28.3. The lowest BCUT2D eigenvalue weighted by molar-refractivity contribution is -0.140. The second kappa shape index (κ2) is 33.7. The predicted molar refractivity (Wildman–Crippen MR) is 296 cm³/mol.